The Hall–Kier alpha value is -2.78. The molecule has 0 saturated carbocycles. The number of aryl methyl sites for hydroxylation is 1. The Morgan fingerprint density at radius 3 is 2.43 bits per heavy atom. The SMILES string of the molecule is Cc1cccc(/C=C\c2cc3c(ccc4ccccc43)c3c2OCCO3)c1Br. The maximum Gasteiger partial charge on any atom is 0.169 e. The number of halogens is 1. The van der Waals surface area contributed by atoms with Gasteiger partial charge in [-0.2, -0.15) is 0 Å². The van der Waals surface area contributed by atoms with E-state index < -0.39 is 0 Å². The first-order chi connectivity index (χ1) is 13.7. The largest absolute Gasteiger partial charge is 0.485 e. The van der Waals surface area contributed by atoms with Gasteiger partial charge in [-0.25, -0.2) is 0 Å². The first-order valence-electron chi connectivity index (χ1n) is 9.39. The fourth-order valence-corrected chi connectivity index (χ4v) is 4.20. The molecule has 0 bridgehead atoms. The molecule has 0 amide bonds. The molecule has 0 unspecified atom stereocenters. The number of benzene rings is 4. The minimum atomic E-state index is 0.571. The number of hydrogen-bond acceptors (Lipinski definition) is 2. The minimum absolute atomic E-state index is 0.571. The van der Waals surface area contributed by atoms with Crippen molar-refractivity contribution in [3.05, 3.63) is 81.8 Å². The van der Waals surface area contributed by atoms with Crippen molar-refractivity contribution < 1.29 is 9.47 Å². The molecule has 4 aromatic carbocycles. The molecule has 1 heterocycles. The van der Waals surface area contributed by atoms with E-state index >= 15 is 0 Å². The van der Waals surface area contributed by atoms with Crippen LogP contribution in [0.25, 0.3) is 33.7 Å². The lowest BCUT2D eigenvalue weighted by molar-refractivity contribution is 0.173. The first kappa shape index (κ1) is 17.3. The van der Waals surface area contributed by atoms with Gasteiger partial charge in [-0.3, -0.25) is 0 Å². The molecule has 0 spiro atoms. The topological polar surface area (TPSA) is 18.5 Å². The zero-order valence-corrected chi connectivity index (χ0v) is 17.1. The van der Waals surface area contributed by atoms with Crippen molar-refractivity contribution in [1.82, 2.24) is 0 Å². The lowest BCUT2D eigenvalue weighted by atomic mass is 9.97. The van der Waals surface area contributed by atoms with Crippen LogP contribution in [0.15, 0.2) is 65.1 Å². The molecule has 0 N–H and O–H groups in total. The Balaban J connectivity index is 1.74. The van der Waals surface area contributed by atoms with E-state index in [2.05, 4.69) is 95.7 Å². The second kappa shape index (κ2) is 6.99. The standard InChI is InChI=1S/C25H19BrO2/c1-16-5-4-7-18(23(16)26)9-10-19-15-22-20-8-3-2-6-17(20)11-12-21(22)25-24(19)27-13-14-28-25/h2-12,15H,13-14H2,1H3/b10-9-. The van der Waals surface area contributed by atoms with Gasteiger partial charge in [-0.15, -0.1) is 0 Å². The zero-order valence-electron chi connectivity index (χ0n) is 15.5. The first-order valence-corrected chi connectivity index (χ1v) is 10.2. The van der Waals surface area contributed by atoms with E-state index in [1.165, 1.54) is 21.7 Å². The fourth-order valence-electron chi connectivity index (χ4n) is 3.81. The highest BCUT2D eigenvalue weighted by atomic mass is 79.9. The van der Waals surface area contributed by atoms with Gasteiger partial charge in [-0.1, -0.05) is 60.7 Å². The molecule has 3 heteroatoms. The van der Waals surface area contributed by atoms with Crippen molar-refractivity contribution in [2.75, 3.05) is 13.2 Å². The maximum atomic E-state index is 6.05. The van der Waals surface area contributed by atoms with Gasteiger partial charge in [0.15, 0.2) is 11.5 Å². The van der Waals surface area contributed by atoms with Crippen molar-refractivity contribution in [3.63, 3.8) is 0 Å². The molecule has 1 aliphatic rings. The highest BCUT2D eigenvalue weighted by Gasteiger charge is 2.20. The average Bonchev–Trinajstić information content (AvgIpc) is 2.74. The third-order valence-corrected chi connectivity index (χ3v) is 6.31. The number of fused-ring (bicyclic) bond motifs is 5. The monoisotopic (exact) mass is 430 g/mol. The summed E-state index contributed by atoms with van der Waals surface area (Å²) >= 11 is 3.69. The molecule has 0 radical (unpaired) electrons. The Labute approximate surface area is 172 Å². The summed E-state index contributed by atoms with van der Waals surface area (Å²) in [5.41, 5.74) is 3.39. The Kier molecular flexibility index (Phi) is 4.33. The molecule has 1 aliphatic heterocycles. The smallest absolute Gasteiger partial charge is 0.169 e. The number of rotatable bonds is 2. The number of ether oxygens (including phenoxy) is 2. The van der Waals surface area contributed by atoms with Crippen LogP contribution < -0.4 is 9.47 Å². The van der Waals surface area contributed by atoms with Crippen LogP contribution in [0.4, 0.5) is 0 Å². The molecule has 2 nitrogen and oxygen atoms in total. The third-order valence-electron chi connectivity index (χ3n) is 5.22. The van der Waals surface area contributed by atoms with Gasteiger partial charge in [0.25, 0.3) is 0 Å². The molecule has 0 saturated heterocycles. The second-order valence-corrected chi connectivity index (χ2v) is 7.81. The predicted molar refractivity (Wildman–Crippen MR) is 120 cm³/mol. The normalized spacial score (nSPS) is 13.5. The van der Waals surface area contributed by atoms with Gasteiger partial charge in [0, 0.05) is 15.4 Å². The Bertz CT molecular complexity index is 1240. The summed E-state index contributed by atoms with van der Waals surface area (Å²) in [5, 5.41) is 4.74. The molecule has 0 fully saturated rings. The molecule has 28 heavy (non-hydrogen) atoms. The molecular weight excluding hydrogens is 412 g/mol. The van der Waals surface area contributed by atoms with E-state index in [4.69, 9.17) is 9.47 Å². The quantitative estimate of drug-likeness (QED) is 0.251. The average molecular weight is 431 g/mol. The van der Waals surface area contributed by atoms with Crippen LogP contribution >= 0.6 is 15.9 Å². The van der Waals surface area contributed by atoms with Gasteiger partial charge >= 0.3 is 0 Å². The summed E-state index contributed by atoms with van der Waals surface area (Å²) in [6, 6.07) is 21.2. The van der Waals surface area contributed by atoms with E-state index in [1.807, 2.05) is 0 Å². The fraction of sp³-hybridized carbons (Fsp3) is 0.120. The second-order valence-electron chi connectivity index (χ2n) is 7.01. The highest BCUT2D eigenvalue weighted by molar-refractivity contribution is 9.10. The molecule has 5 rings (SSSR count). The van der Waals surface area contributed by atoms with E-state index in [1.54, 1.807) is 0 Å². The molecule has 0 atom stereocenters. The van der Waals surface area contributed by atoms with E-state index in [0.29, 0.717) is 13.2 Å². The maximum absolute atomic E-state index is 6.05. The van der Waals surface area contributed by atoms with E-state index in [-0.39, 0.29) is 0 Å². The molecule has 0 aromatic heterocycles. The summed E-state index contributed by atoms with van der Waals surface area (Å²) in [6.07, 6.45) is 4.25. The summed E-state index contributed by atoms with van der Waals surface area (Å²) in [4.78, 5) is 0. The van der Waals surface area contributed by atoms with Crippen LogP contribution in [0.3, 0.4) is 0 Å². The van der Waals surface area contributed by atoms with Gasteiger partial charge in [0.2, 0.25) is 0 Å². The van der Waals surface area contributed by atoms with E-state index in [0.717, 1.165) is 32.5 Å². The van der Waals surface area contributed by atoms with Crippen LogP contribution in [0.1, 0.15) is 16.7 Å². The van der Waals surface area contributed by atoms with Gasteiger partial charge in [0.05, 0.1) is 0 Å². The summed E-state index contributed by atoms with van der Waals surface area (Å²) in [7, 11) is 0. The van der Waals surface area contributed by atoms with Crippen LogP contribution in [-0.2, 0) is 0 Å². The summed E-state index contributed by atoms with van der Waals surface area (Å²) in [5.74, 6) is 1.67. The van der Waals surface area contributed by atoms with Crippen LogP contribution in [0.5, 0.6) is 11.5 Å². The van der Waals surface area contributed by atoms with Gasteiger partial charge in [-0.05, 0) is 62.3 Å². The van der Waals surface area contributed by atoms with Crippen molar-refractivity contribution in [1.29, 1.82) is 0 Å². The minimum Gasteiger partial charge on any atom is -0.485 e. The highest BCUT2D eigenvalue weighted by Crippen LogP contribution is 2.43. The van der Waals surface area contributed by atoms with Gasteiger partial charge < -0.3 is 9.47 Å². The van der Waals surface area contributed by atoms with Crippen LogP contribution in [0, 0.1) is 6.92 Å². The lowest BCUT2D eigenvalue weighted by Gasteiger charge is -2.22. The van der Waals surface area contributed by atoms with Crippen molar-refractivity contribution in [3.8, 4) is 11.5 Å². The van der Waals surface area contributed by atoms with Crippen LogP contribution in [-0.4, -0.2) is 13.2 Å². The van der Waals surface area contributed by atoms with Crippen molar-refractivity contribution in [2.24, 2.45) is 0 Å². The molecule has 4 aromatic rings. The molecule has 0 aliphatic carbocycles. The molecule has 138 valence electrons. The summed E-state index contributed by atoms with van der Waals surface area (Å²) < 4.78 is 13.2. The summed E-state index contributed by atoms with van der Waals surface area (Å²) in [6.45, 7) is 3.25. The van der Waals surface area contributed by atoms with Crippen LogP contribution in [0.2, 0.25) is 0 Å². The Morgan fingerprint density at radius 2 is 1.54 bits per heavy atom. The number of hydrogen-bond donors (Lipinski definition) is 0. The van der Waals surface area contributed by atoms with E-state index in [9.17, 15) is 0 Å². The zero-order chi connectivity index (χ0) is 19.1. The lowest BCUT2D eigenvalue weighted by Crippen LogP contribution is -2.16. The van der Waals surface area contributed by atoms with Crippen molar-refractivity contribution in [2.45, 2.75) is 6.92 Å². The third kappa shape index (κ3) is 2.87. The molecular formula is C25H19BrO2. The Morgan fingerprint density at radius 1 is 0.750 bits per heavy atom. The predicted octanol–water partition coefficient (Wildman–Crippen LogP) is 7.01. The van der Waals surface area contributed by atoms with Gasteiger partial charge in [0.1, 0.15) is 13.2 Å². The van der Waals surface area contributed by atoms with Crippen molar-refractivity contribution >= 4 is 49.6 Å².